The van der Waals surface area contributed by atoms with Crippen LogP contribution in [0.2, 0.25) is 5.02 Å². The van der Waals surface area contributed by atoms with Crippen LogP contribution in [0.3, 0.4) is 0 Å². The number of sulfonamides is 1. The summed E-state index contributed by atoms with van der Waals surface area (Å²) in [6.45, 7) is 2.67. The van der Waals surface area contributed by atoms with Crippen molar-refractivity contribution in [2.75, 3.05) is 19.7 Å². The Hall–Kier alpha value is -1.11. The van der Waals surface area contributed by atoms with Crippen molar-refractivity contribution in [3.05, 3.63) is 23.2 Å². The van der Waals surface area contributed by atoms with Gasteiger partial charge in [0.25, 0.3) is 0 Å². The summed E-state index contributed by atoms with van der Waals surface area (Å²) in [6.07, 6.45) is 3.65. The van der Waals surface area contributed by atoms with Crippen LogP contribution in [0.1, 0.15) is 32.6 Å². The van der Waals surface area contributed by atoms with Crippen LogP contribution in [0, 0.1) is 11.8 Å². The number of hydrogen-bond acceptors (Lipinski definition) is 4. The Morgan fingerprint density at radius 1 is 1.33 bits per heavy atom. The molecule has 0 aromatic heterocycles. The molecule has 2 fully saturated rings. The molecule has 1 aliphatic heterocycles. The minimum Gasteiger partial charge on any atom is -0.492 e. The first-order valence-corrected chi connectivity index (χ1v) is 10.1. The molecule has 1 saturated carbocycles. The van der Waals surface area contributed by atoms with Crippen LogP contribution in [0.15, 0.2) is 23.1 Å². The highest BCUT2D eigenvalue weighted by Gasteiger charge is 2.34. The third-order valence-electron chi connectivity index (χ3n) is 4.64. The van der Waals surface area contributed by atoms with Gasteiger partial charge in [0.2, 0.25) is 10.0 Å². The van der Waals surface area contributed by atoms with Crippen molar-refractivity contribution in [2.24, 2.45) is 11.8 Å². The van der Waals surface area contributed by atoms with Crippen LogP contribution in [0.25, 0.3) is 0 Å². The first-order valence-electron chi connectivity index (χ1n) is 8.33. The molecule has 0 bridgehead atoms. The maximum atomic E-state index is 13.0. The lowest BCUT2D eigenvalue weighted by atomic mass is 10.0. The van der Waals surface area contributed by atoms with E-state index in [1.807, 2.05) is 0 Å². The number of benzene rings is 1. The Labute approximate surface area is 148 Å². The lowest BCUT2D eigenvalue weighted by Crippen LogP contribution is -2.43. The second-order valence-electron chi connectivity index (χ2n) is 6.65. The smallest absolute Gasteiger partial charge is 0.246 e. The van der Waals surface area contributed by atoms with E-state index < -0.39 is 10.0 Å². The third kappa shape index (κ3) is 3.92. The predicted molar refractivity (Wildman–Crippen MR) is 91.8 cm³/mol. The van der Waals surface area contributed by atoms with Crippen molar-refractivity contribution < 1.29 is 17.9 Å². The molecule has 0 radical (unpaired) electrons. The van der Waals surface area contributed by atoms with E-state index in [4.69, 9.17) is 16.3 Å². The zero-order valence-electron chi connectivity index (χ0n) is 13.7. The van der Waals surface area contributed by atoms with Gasteiger partial charge in [0.15, 0.2) is 0 Å². The van der Waals surface area contributed by atoms with Gasteiger partial charge in [-0.15, -0.1) is 0 Å². The van der Waals surface area contributed by atoms with Crippen LogP contribution in [0.4, 0.5) is 0 Å². The molecule has 1 aromatic rings. The number of nitrogens with zero attached hydrogens (tertiary/aromatic N) is 1. The summed E-state index contributed by atoms with van der Waals surface area (Å²) in [6, 6.07) is 4.68. The number of hydrogen-bond donors (Lipinski definition) is 0. The SMILES string of the molecule is CC1CN(S(=O)(=O)c2cc(Cl)ccc2OCCC2CC2)CCC1=O. The molecule has 0 amide bonds. The van der Waals surface area contributed by atoms with E-state index in [2.05, 4.69) is 0 Å². The van der Waals surface area contributed by atoms with Crippen molar-refractivity contribution >= 4 is 27.4 Å². The number of Topliss-reactive ketones (excluding diaryl/α,β-unsaturated/α-hetero) is 1. The van der Waals surface area contributed by atoms with Gasteiger partial charge in [-0.2, -0.15) is 4.31 Å². The number of piperidine rings is 1. The Bertz CT molecular complexity index is 730. The maximum absolute atomic E-state index is 13.0. The van der Waals surface area contributed by atoms with Crippen molar-refractivity contribution in [2.45, 2.75) is 37.5 Å². The topological polar surface area (TPSA) is 63.7 Å². The predicted octanol–water partition coefficient (Wildman–Crippen LogP) is 3.12. The minimum absolute atomic E-state index is 0.0901. The van der Waals surface area contributed by atoms with Gasteiger partial charge in [0.1, 0.15) is 16.4 Å². The van der Waals surface area contributed by atoms with Gasteiger partial charge in [-0.1, -0.05) is 31.4 Å². The third-order valence-corrected chi connectivity index (χ3v) is 6.76. The van der Waals surface area contributed by atoms with Crippen LogP contribution < -0.4 is 4.74 Å². The van der Waals surface area contributed by atoms with Gasteiger partial charge in [-0.25, -0.2) is 8.42 Å². The van der Waals surface area contributed by atoms with Gasteiger partial charge in [-0.3, -0.25) is 4.79 Å². The highest BCUT2D eigenvalue weighted by Crippen LogP contribution is 2.34. The molecule has 2 aliphatic rings. The van der Waals surface area contributed by atoms with E-state index in [0.717, 1.165) is 6.42 Å². The number of halogens is 1. The Balaban J connectivity index is 1.82. The molecule has 132 valence electrons. The molecule has 0 N–H and O–H groups in total. The molecule has 24 heavy (non-hydrogen) atoms. The maximum Gasteiger partial charge on any atom is 0.246 e. The van der Waals surface area contributed by atoms with Gasteiger partial charge >= 0.3 is 0 Å². The lowest BCUT2D eigenvalue weighted by Gasteiger charge is -2.29. The molecule has 3 rings (SSSR count). The Kier molecular flexibility index (Phi) is 5.18. The lowest BCUT2D eigenvalue weighted by molar-refractivity contribution is -0.124. The molecular formula is C17H22ClNO4S. The summed E-state index contributed by atoms with van der Waals surface area (Å²) in [5, 5.41) is 0.351. The van der Waals surface area contributed by atoms with Gasteiger partial charge in [-0.05, 0) is 30.5 Å². The second-order valence-corrected chi connectivity index (χ2v) is 8.99. The molecule has 1 saturated heterocycles. The Morgan fingerprint density at radius 3 is 2.75 bits per heavy atom. The van der Waals surface area contributed by atoms with E-state index >= 15 is 0 Å². The first kappa shape index (κ1) is 17.7. The summed E-state index contributed by atoms with van der Waals surface area (Å²) in [4.78, 5) is 11.8. The van der Waals surface area contributed by atoms with E-state index in [-0.39, 0.29) is 36.1 Å². The van der Waals surface area contributed by atoms with Crippen LogP contribution in [0.5, 0.6) is 5.75 Å². The van der Waals surface area contributed by atoms with E-state index in [9.17, 15) is 13.2 Å². The number of ketones is 1. The van der Waals surface area contributed by atoms with Crippen LogP contribution >= 0.6 is 11.6 Å². The molecule has 1 heterocycles. The highest BCUT2D eigenvalue weighted by atomic mass is 35.5. The van der Waals surface area contributed by atoms with Crippen molar-refractivity contribution in [3.8, 4) is 5.75 Å². The number of ether oxygens (including phenoxy) is 1. The largest absolute Gasteiger partial charge is 0.492 e. The van der Waals surface area contributed by atoms with E-state index in [0.29, 0.717) is 23.3 Å². The van der Waals surface area contributed by atoms with E-state index in [1.54, 1.807) is 19.1 Å². The Morgan fingerprint density at radius 2 is 2.08 bits per heavy atom. The number of carbonyl (C=O) groups excluding carboxylic acids is 1. The van der Waals surface area contributed by atoms with Crippen LogP contribution in [-0.4, -0.2) is 38.2 Å². The fourth-order valence-corrected chi connectivity index (χ4v) is 4.81. The first-order chi connectivity index (χ1) is 11.4. The molecule has 1 aliphatic carbocycles. The summed E-state index contributed by atoms with van der Waals surface area (Å²) in [5.41, 5.74) is 0. The molecule has 1 atom stereocenters. The van der Waals surface area contributed by atoms with Gasteiger partial charge < -0.3 is 4.74 Å². The molecular weight excluding hydrogens is 350 g/mol. The molecule has 5 nitrogen and oxygen atoms in total. The number of carbonyl (C=O) groups is 1. The van der Waals surface area contributed by atoms with E-state index in [1.165, 1.54) is 23.2 Å². The summed E-state index contributed by atoms with van der Waals surface area (Å²) in [5.74, 6) is 0.872. The summed E-state index contributed by atoms with van der Waals surface area (Å²) >= 11 is 6.02. The molecule has 0 spiro atoms. The zero-order valence-corrected chi connectivity index (χ0v) is 15.3. The fraction of sp³-hybridized carbons (Fsp3) is 0.588. The average molecular weight is 372 g/mol. The molecule has 1 unspecified atom stereocenters. The quantitative estimate of drug-likeness (QED) is 0.770. The van der Waals surface area contributed by atoms with Crippen molar-refractivity contribution in [3.63, 3.8) is 0 Å². The second kappa shape index (κ2) is 7.02. The standard InChI is InChI=1S/C17H22ClNO4S/c1-12-11-19(8-6-15(12)20)24(21,22)17-10-14(18)4-5-16(17)23-9-7-13-2-3-13/h4-5,10,12-13H,2-3,6-9,11H2,1H3. The van der Waals surface area contributed by atoms with Gasteiger partial charge in [0.05, 0.1) is 6.61 Å². The fourth-order valence-electron chi connectivity index (χ4n) is 2.88. The van der Waals surface area contributed by atoms with Crippen molar-refractivity contribution in [1.82, 2.24) is 4.31 Å². The monoisotopic (exact) mass is 371 g/mol. The number of rotatable bonds is 6. The van der Waals surface area contributed by atoms with Gasteiger partial charge in [0, 0.05) is 30.5 Å². The highest BCUT2D eigenvalue weighted by molar-refractivity contribution is 7.89. The normalized spacial score (nSPS) is 22.6. The minimum atomic E-state index is -3.73. The zero-order chi connectivity index (χ0) is 17.3. The van der Waals surface area contributed by atoms with Crippen molar-refractivity contribution in [1.29, 1.82) is 0 Å². The molecule has 1 aromatic carbocycles. The van der Waals surface area contributed by atoms with Crippen LogP contribution in [-0.2, 0) is 14.8 Å². The molecule has 7 heteroatoms. The average Bonchev–Trinajstić information content (AvgIpc) is 3.35. The summed E-state index contributed by atoms with van der Waals surface area (Å²) in [7, 11) is -3.73. The summed E-state index contributed by atoms with van der Waals surface area (Å²) < 4.78 is 33.1.